The van der Waals surface area contributed by atoms with Gasteiger partial charge in [-0.15, -0.1) is 17.9 Å². The number of nitrogens with zero attached hydrogens (tertiary/aromatic N) is 4. The minimum Gasteiger partial charge on any atom is -0.491 e. The molecule has 3 N–H and O–H groups in total. The highest BCUT2D eigenvalue weighted by atomic mass is 35.5. The van der Waals surface area contributed by atoms with Crippen LogP contribution in [0.1, 0.15) is 86.0 Å². The lowest BCUT2D eigenvalue weighted by atomic mass is 9.85. The predicted molar refractivity (Wildman–Crippen MR) is 246 cm³/mol. The third-order valence-corrected chi connectivity index (χ3v) is 14.5. The number of aromatic nitrogens is 2. The third kappa shape index (κ3) is 9.93. The summed E-state index contributed by atoms with van der Waals surface area (Å²) in [5.74, 6) is 0.185. The van der Waals surface area contributed by atoms with Gasteiger partial charge >= 0.3 is 12.1 Å². The van der Waals surface area contributed by atoms with Crippen molar-refractivity contribution in [2.45, 2.75) is 122 Å². The van der Waals surface area contributed by atoms with Crippen molar-refractivity contribution in [3.8, 4) is 22.9 Å². The van der Waals surface area contributed by atoms with Crippen molar-refractivity contribution >= 4 is 62.8 Å². The number of benzene rings is 1. The van der Waals surface area contributed by atoms with Crippen LogP contribution in [0, 0.1) is 23.2 Å². The molecule has 3 saturated carbocycles. The molecule has 2 aromatic heterocycles. The Morgan fingerprint density at radius 3 is 2.44 bits per heavy atom. The molecule has 2 aliphatic heterocycles. The largest absolute Gasteiger partial charge is 0.491 e. The summed E-state index contributed by atoms with van der Waals surface area (Å²) in [5.41, 5.74) is -0.490. The number of pyridine rings is 1. The summed E-state index contributed by atoms with van der Waals surface area (Å²) in [6.45, 7) is 16.8. The number of esters is 1. The lowest BCUT2D eigenvalue weighted by Crippen LogP contribution is -2.59. The second-order valence-electron chi connectivity index (χ2n) is 19.5. The van der Waals surface area contributed by atoms with E-state index in [0.717, 1.165) is 37.6 Å². The first-order valence-corrected chi connectivity index (χ1v) is 24.0. The molecule has 15 nitrogen and oxygen atoms in total. The molecule has 3 aromatic rings. The molecule has 5 fully saturated rings. The van der Waals surface area contributed by atoms with E-state index in [9.17, 15) is 19.2 Å². The maximum atomic E-state index is 14.9. The number of anilines is 1. The molecule has 1 unspecified atom stereocenters. The number of nitrogens with one attached hydrogen (secondary N) is 3. The summed E-state index contributed by atoms with van der Waals surface area (Å²) in [5, 5.41) is 12.7. The summed E-state index contributed by atoms with van der Waals surface area (Å²) in [6, 6.07) is 3.52. The zero-order chi connectivity index (χ0) is 45.5. The Bertz CT molecular complexity index is 2250. The number of hydrogen-bond donors (Lipinski definition) is 3. The van der Waals surface area contributed by atoms with Crippen molar-refractivity contribution in [2.24, 2.45) is 23.2 Å². The Balaban J connectivity index is 1.10. The second-order valence-corrected chi connectivity index (χ2v) is 20.8. The van der Waals surface area contributed by atoms with E-state index in [1.165, 1.54) is 49.0 Å². The van der Waals surface area contributed by atoms with Gasteiger partial charge in [0.05, 0.1) is 24.9 Å². The SMILES string of the molecule is C=C[C@@H]1CC1(NC(=O)[C@@H]1C[C@@H](Oc2cc(-c3csc(NC(C)C)n3)nc3c(Cl)c(OCCN4CCCCC4)ccc23)CN1C(=O)[C@@H](NC(=O)O[C@@H]1C[C@@H]2C[C@@H]2C1)C(C)(C)C)C(=O)OC. The number of ether oxygens (including phenoxy) is 4. The number of piperidine rings is 1. The van der Waals surface area contributed by atoms with Crippen LogP contribution in [0.5, 0.6) is 11.5 Å². The zero-order valence-electron chi connectivity index (χ0n) is 37.7. The Labute approximate surface area is 384 Å². The molecule has 3 aliphatic carbocycles. The van der Waals surface area contributed by atoms with Crippen molar-refractivity contribution in [1.82, 2.24) is 30.4 Å². The van der Waals surface area contributed by atoms with Gasteiger partial charge in [0.25, 0.3) is 0 Å². The van der Waals surface area contributed by atoms with Gasteiger partial charge in [0.2, 0.25) is 11.8 Å². The van der Waals surface area contributed by atoms with Crippen LogP contribution in [0.15, 0.2) is 36.2 Å². The van der Waals surface area contributed by atoms with E-state index in [-0.39, 0.29) is 31.0 Å². The second kappa shape index (κ2) is 18.7. The first-order chi connectivity index (χ1) is 30.6. The van der Waals surface area contributed by atoms with Crippen LogP contribution < -0.4 is 25.4 Å². The minimum atomic E-state index is -1.30. The van der Waals surface area contributed by atoms with Gasteiger partial charge in [0, 0.05) is 41.8 Å². The van der Waals surface area contributed by atoms with E-state index >= 15 is 0 Å². The first-order valence-electron chi connectivity index (χ1n) is 22.7. The highest BCUT2D eigenvalue weighted by Gasteiger charge is 2.62. The topological polar surface area (TPSA) is 174 Å². The van der Waals surface area contributed by atoms with Crippen LogP contribution in [-0.2, 0) is 23.9 Å². The van der Waals surface area contributed by atoms with Crippen molar-refractivity contribution < 1.29 is 38.1 Å². The van der Waals surface area contributed by atoms with E-state index in [0.29, 0.717) is 63.7 Å². The fourth-order valence-electron chi connectivity index (χ4n) is 9.64. The zero-order valence-corrected chi connectivity index (χ0v) is 39.3. The number of methoxy groups -OCH3 is 1. The molecule has 1 aromatic carbocycles. The molecular formula is C47H62ClN7O8S. The van der Waals surface area contributed by atoms with E-state index < -0.39 is 53.0 Å². The molecule has 4 heterocycles. The normalized spacial score (nSPS) is 26.8. The smallest absolute Gasteiger partial charge is 0.408 e. The van der Waals surface area contributed by atoms with Gasteiger partial charge in [-0.05, 0) is 94.8 Å². The van der Waals surface area contributed by atoms with Gasteiger partial charge in [-0.1, -0.05) is 44.9 Å². The number of hydrogen-bond acceptors (Lipinski definition) is 13. The minimum absolute atomic E-state index is 0.00788. The van der Waals surface area contributed by atoms with Crippen LogP contribution in [0.3, 0.4) is 0 Å². The maximum Gasteiger partial charge on any atom is 0.408 e. The Hall–Kier alpha value is -4.67. The number of amides is 3. The summed E-state index contributed by atoms with van der Waals surface area (Å²) in [6.07, 6.45) is 6.89. The molecule has 0 radical (unpaired) electrons. The molecule has 0 spiro atoms. The van der Waals surface area contributed by atoms with Crippen molar-refractivity contribution in [3.05, 3.63) is 41.3 Å². The van der Waals surface area contributed by atoms with E-state index in [1.54, 1.807) is 12.1 Å². The number of likely N-dealkylation sites (tertiary alicyclic amines) is 2. The summed E-state index contributed by atoms with van der Waals surface area (Å²) < 4.78 is 24.0. The highest BCUT2D eigenvalue weighted by molar-refractivity contribution is 7.14. The van der Waals surface area contributed by atoms with Crippen molar-refractivity contribution in [2.75, 3.05) is 45.2 Å². The number of carbonyl (C=O) groups excluding carboxylic acids is 4. The van der Waals surface area contributed by atoms with E-state index in [2.05, 4.69) is 27.4 Å². The fraction of sp³-hybridized carbons (Fsp3) is 0.617. The number of thiazole rings is 1. The third-order valence-electron chi connectivity index (χ3n) is 13.3. The van der Waals surface area contributed by atoms with Gasteiger partial charge < -0.3 is 39.8 Å². The lowest BCUT2D eigenvalue weighted by Gasteiger charge is -2.35. The molecule has 64 heavy (non-hydrogen) atoms. The van der Waals surface area contributed by atoms with Gasteiger partial charge in [-0.25, -0.2) is 19.6 Å². The summed E-state index contributed by atoms with van der Waals surface area (Å²) >= 11 is 8.60. The molecule has 17 heteroatoms. The Morgan fingerprint density at radius 2 is 1.77 bits per heavy atom. The Morgan fingerprint density at radius 1 is 1.02 bits per heavy atom. The van der Waals surface area contributed by atoms with Crippen LogP contribution in [0.2, 0.25) is 5.02 Å². The van der Waals surface area contributed by atoms with Gasteiger partial charge in [-0.2, -0.15) is 0 Å². The average Bonchev–Trinajstić information content (AvgIpc) is 3.92. The Kier molecular flexibility index (Phi) is 13.4. The number of alkyl carbamates (subject to hydrolysis) is 1. The average molecular weight is 921 g/mol. The monoisotopic (exact) mass is 919 g/mol. The van der Waals surface area contributed by atoms with E-state index in [4.69, 9.17) is 40.5 Å². The van der Waals surface area contributed by atoms with Crippen LogP contribution in [0.25, 0.3) is 22.3 Å². The number of carbonyl (C=O) groups is 4. The molecular weight excluding hydrogens is 858 g/mol. The van der Waals surface area contributed by atoms with Crippen LogP contribution >= 0.6 is 22.9 Å². The molecule has 8 rings (SSSR count). The highest BCUT2D eigenvalue weighted by Crippen LogP contribution is 2.52. The standard InChI is InChI=1S/C47H62ClN7O8S/c1-8-29-23-47(29,43(58)60-7)53-41(56)35-21-31(24-55(35)42(57)40(46(4,5)6)52-45(59)63-30-19-27-18-28(27)20-30)62-37-22-33(34-25-64-44(51-34)49-26(2)3)50-39-32(37)12-13-36(38(39)48)61-17-16-54-14-10-9-11-15-54/h8,12-13,22,25-31,35,40H,1,9-11,14-21,23-24H2,2-7H3,(H,49,51)(H,52,59)(H,53,56)/t27-,28+,29-,30+,31-,35+,40-,47?/m1/s1. The van der Waals surface area contributed by atoms with Gasteiger partial charge in [0.1, 0.15) is 58.7 Å². The summed E-state index contributed by atoms with van der Waals surface area (Å²) in [7, 11) is 1.27. The molecule has 3 amide bonds. The van der Waals surface area contributed by atoms with E-state index in [1.807, 2.05) is 52.1 Å². The fourth-order valence-corrected chi connectivity index (χ4v) is 10.7. The lowest BCUT2D eigenvalue weighted by molar-refractivity contribution is -0.148. The van der Waals surface area contributed by atoms with Crippen LogP contribution in [-0.4, -0.2) is 119 Å². The van der Waals surface area contributed by atoms with Crippen molar-refractivity contribution in [3.63, 3.8) is 0 Å². The molecule has 8 atom stereocenters. The molecule has 2 saturated heterocycles. The maximum absolute atomic E-state index is 14.9. The van der Waals surface area contributed by atoms with Crippen molar-refractivity contribution in [1.29, 1.82) is 0 Å². The molecule has 5 aliphatic rings. The quantitative estimate of drug-likeness (QED) is 0.0975. The number of fused-ring (bicyclic) bond motifs is 2. The van der Waals surface area contributed by atoms with Gasteiger partial charge in [0.15, 0.2) is 5.13 Å². The molecule has 346 valence electrons. The number of halogens is 1. The predicted octanol–water partition coefficient (Wildman–Crippen LogP) is 7.22. The number of rotatable bonds is 16. The first kappa shape index (κ1) is 45.9. The van der Waals surface area contributed by atoms with Gasteiger partial charge in [-0.3, -0.25) is 14.5 Å². The molecule has 0 bridgehead atoms. The summed E-state index contributed by atoms with van der Waals surface area (Å²) in [4.78, 5) is 69.5. The van der Waals surface area contributed by atoms with Crippen LogP contribution in [0.4, 0.5) is 9.93 Å².